The van der Waals surface area contributed by atoms with Gasteiger partial charge in [0.1, 0.15) is 11.8 Å². The molecule has 1 aromatic heterocycles. The van der Waals surface area contributed by atoms with Crippen LogP contribution in [0.5, 0.6) is 5.75 Å². The van der Waals surface area contributed by atoms with Gasteiger partial charge in [0.05, 0.1) is 23.5 Å². The molecule has 11 heteroatoms. The minimum absolute atomic E-state index is 0.172. The summed E-state index contributed by atoms with van der Waals surface area (Å²) in [4.78, 5) is 45.3. The molecule has 2 aromatic carbocycles. The number of amides is 3. The molecule has 0 radical (unpaired) electrons. The molecule has 0 unspecified atom stereocenters. The molecular formula is C26H30N6O5. The number of aryl methyl sites for hydroxylation is 3. The zero-order valence-electron chi connectivity index (χ0n) is 20.6. The summed E-state index contributed by atoms with van der Waals surface area (Å²) in [6, 6.07) is 13.8. The first-order valence-electron chi connectivity index (χ1n) is 11.7. The van der Waals surface area contributed by atoms with E-state index < -0.39 is 23.9 Å². The molecule has 0 spiro atoms. The van der Waals surface area contributed by atoms with E-state index in [1.807, 2.05) is 6.07 Å². The number of aliphatic carboxylic acids is 1. The monoisotopic (exact) mass is 506 g/mol. The number of hydrogen-bond donors (Lipinski definition) is 6. The first-order valence-corrected chi connectivity index (χ1v) is 11.7. The highest BCUT2D eigenvalue weighted by Crippen LogP contribution is 2.15. The Morgan fingerprint density at radius 3 is 2.32 bits per heavy atom. The fourth-order valence-electron chi connectivity index (χ4n) is 3.65. The highest BCUT2D eigenvalue weighted by Gasteiger charge is 2.24. The van der Waals surface area contributed by atoms with E-state index in [1.54, 1.807) is 62.4 Å². The lowest BCUT2D eigenvalue weighted by molar-refractivity contribution is -0.139. The van der Waals surface area contributed by atoms with E-state index in [-0.39, 0.29) is 17.9 Å². The van der Waals surface area contributed by atoms with Crippen LogP contribution in [-0.2, 0) is 11.2 Å². The maximum atomic E-state index is 12.9. The number of phenolic OH excluding ortho intramolecular Hbond substituents is 1. The second-order valence-corrected chi connectivity index (χ2v) is 8.36. The van der Waals surface area contributed by atoms with E-state index in [9.17, 15) is 24.6 Å². The number of rotatable bonds is 11. The second-order valence-electron chi connectivity index (χ2n) is 8.36. The molecule has 3 rings (SSSR count). The van der Waals surface area contributed by atoms with Gasteiger partial charge in [-0.2, -0.15) is 0 Å². The Hall–Kier alpha value is -4.67. The Kier molecular flexibility index (Phi) is 9.36. The number of anilines is 2. The predicted octanol–water partition coefficient (Wildman–Crippen LogP) is 2.85. The molecule has 0 aliphatic rings. The molecule has 0 aliphatic carbocycles. The SMILES string of the molecule is Cc1nc(NCCCc2cccc(O)c2)nc(C)c1C(=O)N[C@@H](CNC(=O)Nc1ccccc1)C(=O)O. The van der Waals surface area contributed by atoms with Gasteiger partial charge >= 0.3 is 12.0 Å². The highest BCUT2D eigenvalue weighted by atomic mass is 16.4. The van der Waals surface area contributed by atoms with Crippen molar-refractivity contribution in [1.29, 1.82) is 0 Å². The summed E-state index contributed by atoms with van der Waals surface area (Å²) in [5.41, 5.74) is 2.51. The Bertz CT molecular complexity index is 1230. The van der Waals surface area contributed by atoms with Gasteiger partial charge in [-0.25, -0.2) is 19.6 Å². The summed E-state index contributed by atoms with van der Waals surface area (Å²) in [5, 5.41) is 29.7. The van der Waals surface area contributed by atoms with Crippen molar-refractivity contribution in [3.8, 4) is 5.75 Å². The molecule has 1 atom stereocenters. The molecule has 1 heterocycles. The summed E-state index contributed by atoms with van der Waals surface area (Å²) in [6.45, 7) is 3.54. The zero-order chi connectivity index (χ0) is 26.8. The predicted molar refractivity (Wildman–Crippen MR) is 139 cm³/mol. The molecular weight excluding hydrogens is 476 g/mol. The summed E-state index contributed by atoms with van der Waals surface area (Å²) in [7, 11) is 0. The summed E-state index contributed by atoms with van der Waals surface area (Å²) in [5.74, 6) is -1.36. The van der Waals surface area contributed by atoms with Crippen LogP contribution in [0.25, 0.3) is 0 Å². The van der Waals surface area contributed by atoms with Gasteiger partial charge in [0, 0.05) is 12.2 Å². The largest absolute Gasteiger partial charge is 0.508 e. The summed E-state index contributed by atoms with van der Waals surface area (Å²) < 4.78 is 0. The normalized spacial score (nSPS) is 11.3. The number of para-hydroxylation sites is 1. The van der Waals surface area contributed by atoms with Crippen LogP contribution in [0.4, 0.5) is 16.4 Å². The first kappa shape index (κ1) is 26.9. The van der Waals surface area contributed by atoms with Crippen molar-refractivity contribution in [2.75, 3.05) is 23.7 Å². The van der Waals surface area contributed by atoms with Crippen molar-refractivity contribution in [1.82, 2.24) is 20.6 Å². The smallest absolute Gasteiger partial charge is 0.328 e. The van der Waals surface area contributed by atoms with Gasteiger partial charge in [-0.1, -0.05) is 30.3 Å². The lowest BCUT2D eigenvalue weighted by Gasteiger charge is -2.17. The number of carbonyl (C=O) groups is 3. The fraction of sp³-hybridized carbons (Fsp3) is 0.269. The molecule has 3 aromatic rings. The summed E-state index contributed by atoms with van der Waals surface area (Å²) >= 11 is 0. The third-order valence-electron chi connectivity index (χ3n) is 5.44. The van der Waals surface area contributed by atoms with Crippen LogP contribution in [0, 0.1) is 13.8 Å². The average Bonchev–Trinajstić information content (AvgIpc) is 2.84. The topological polar surface area (TPSA) is 166 Å². The number of aromatic hydroxyl groups is 1. The molecule has 6 N–H and O–H groups in total. The van der Waals surface area contributed by atoms with Crippen LogP contribution in [0.1, 0.15) is 33.7 Å². The van der Waals surface area contributed by atoms with Crippen molar-refractivity contribution >= 4 is 29.5 Å². The first-order chi connectivity index (χ1) is 17.7. The molecule has 194 valence electrons. The van der Waals surface area contributed by atoms with E-state index in [1.165, 1.54) is 0 Å². The Balaban J connectivity index is 1.54. The quantitative estimate of drug-likeness (QED) is 0.216. The van der Waals surface area contributed by atoms with Crippen LogP contribution in [0.3, 0.4) is 0 Å². The second kappa shape index (κ2) is 12.9. The minimum Gasteiger partial charge on any atom is -0.508 e. The van der Waals surface area contributed by atoms with Gasteiger partial charge in [0.15, 0.2) is 0 Å². The minimum atomic E-state index is -1.36. The number of nitrogens with one attached hydrogen (secondary N) is 4. The number of carboxylic acids is 1. The average molecular weight is 507 g/mol. The van der Waals surface area contributed by atoms with Crippen molar-refractivity contribution in [3.63, 3.8) is 0 Å². The number of nitrogens with zero attached hydrogens (tertiary/aromatic N) is 2. The third kappa shape index (κ3) is 8.20. The Labute approximate surface area is 214 Å². The number of benzene rings is 2. The molecule has 0 saturated carbocycles. The van der Waals surface area contributed by atoms with Crippen molar-refractivity contribution in [3.05, 3.63) is 77.1 Å². The van der Waals surface area contributed by atoms with E-state index in [2.05, 4.69) is 31.2 Å². The van der Waals surface area contributed by atoms with Crippen molar-refractivity contribution in [2.24, 2.45) is 0 Å². The lowest BCUT2D eigenvalue weighted by Crippen LogP contribution is -2.49. The van der Waals surface area contributed by atoms with E-state index in [0.29, 0.717) is 29.6 Å². The van der Waals surface area contributed by atoms with E-state index >= 15 is 0 Å². The number of carboxylic acid groups (broad SMARTS) is 1. The molecule has 3 amide bonds. The van der Waals surface area contributed by atoms with E-state index in [4.69, 9.17) is 0 Å². The Morgan fingerprint density at radius 2 is 1.68 bits per heavy atom. The number of carbonyl (C=O) groups excluding carboxylic acids is 2. The van der Waals surface area contributed by atoms with Crippen LogP contribution < -0.4 is 21.3 Å². The van der Waals surface area contributed by atoms with Gasteiger partial charge in [-0.15, -0.1) is 0 Å². The van der Waals surface area contributed by atoms with Crippen molar-refractivity contribution < 1.29 is 24.6 Å². The van der Waals surface area contributed by atoms with Gasteiger partial charge < -0.3 is 31.5 Å². The van der Waals surface area contributed by atoms with Gasteiger partial charge in [0.2, 0.25) is 5.95 Å². The molecule has 0 fully saturated rings. The molecule has 0 bridgehead atoms. The fourth-order valence-corrected chi connectivity index (χ4v) is 3.65. The number of urea groups is 1. The number of hydrogen-bond acceptors (Lipinski definition) is 7. The molecule has 11 nitrogen and oxygen atoms in total. The van der Waals surface area contributed by atoms with Crippen LogP contribution in [0.15, 0.2) is 54.6 Å². The molecule has 0 saturated heterocycles. The third-order valence-corrected chi connectivity index (χ3v) is 5.44. The Morgan fingerprint density at radius 1 is 0.973 bits per heavy atom. The summed E-state index contributed by atoms with van der Waals surface area (Å²) in [6.07, 6.45) is 1.53. The molecule has 37 heavy (non-hydrogen) atoms. The van der Waals surface area contributed by atoms with Gasteiger partial charge in [0.25, 0.3) is 5.91 Å². The lowest BCUT2D eigenvalue weighted by atomic mass is 10.1. The maximum absolute atomic E-state index is 12.9. The number of aromatic nitrogens is 2. The standard InChI is InChI=1S/C26H30N6O5/c1-16-22(17(2)30-25(29-16)27-13-7-9-18-8-6-12-20(33)14-18)23(34)32-21(24(35)36)15-28-26(37)31-19-10-4-3-5-11-19/h3-6,8,10-12,14,21,33H,7,9,13,15H2,1-2H3,(H,32,34)(H,35,36)(H,27,29,30)(H2,28,31,37)/t21-/m0/s1. The van der Waals surface area contributed by atoms with Gasteiger partial charge in [-0.05, 0) is 56.5 Å². The van der Waals surface area contributed by atoms with Crippen LogP contribution in [0.2, 0.25) is 0 Å². The van der Waals surface area contributed by atoms with E-state index in [0.717, 1.165) is 18.4 Å². The van der Waals surface area contributed by atoms with Gasteiger partial charge in [-0.3, -0.25) is 4.79 Å². The number of phenols is 1. The van der Waals surface area contributed by atoms with Crippen LogP contribution >= 0.6 is 0 Å². The van der Waals surface area contributed by atoms with Crippen molar-refractivity contribution in [2.45, 2.75) is 32.7 Å². The van der Waals surface area contributed by atoms with Crippen LogP contribution in [-0.4, -0.2) is 57.2 Å². The zero-order valence-corrected chi connectivity index (χ0v) is 20.6. The maximum Gasteiger partial charge on any atom is 0.328 e. The molecule has 0 aliphatic heterocycles. The highest BCUT2D eigenvalue weighted by molar-refractivity contribution is 5.98.